The van der Waals surface area contributed by atoms with Crippen LogP contribution in [-0.2, 0) is 4.74 Å². The number of aryl methyl sites for hydroxylation is 2. The molecule has 1 saturated heterocycles. The molecule has 1 amide bonds. The quantitative estimate of drug-likeness (QED) is 0.937. The zero-order chi connectivity index (χ0) is 17.3. The van der Waals surface area contributed by atoms with Crippen LogP contribution in [0.3, 0.4) is 0 Å². The SMILES string of the molecule is Cc1cnc(C(=O)N[C@@H]2CCO[C@H]2c2ccnn2C(C)C)cc1C. The van der Waals surface area contributed by atoms with Crippen LogP contribution in [0.1, 0.15) is 59.7 Å². The van der Waals surface area contributed by atoms with Crippen molar-refractivity contribution in [2.24, 2.45) is 0 Å². The highest BCUT2D eigenvalue weighted by Crippen LogP contribution is 2.30. The third-order valence-corrected chi connectivity index (χ3v) is 4.49. The minimum atomic E-state index is -0.176. The molecular weight excluding hydrogens is 304 g/mol. The molecule has 0 saturated carbocycles. The molecule has 0 unspecified atom stereocenters. The summed E-state index contributed by atoms with van der Waals surface area (Å²) >= 11 is 0. The van der Waals surface area contributed by atoms with Gasteiger partial charge in [0.2, 0.25) is 0 Å². The maximum atomic E-state index is 12.5. The number of rotatable bonds is 4. The molecule has 1 N–H and O–H groups in total. The van der Waals surface area contributed by atoms with E-state index in [1.807, 2.05) is 30.7 Å². The van der Waals surface area contributed by atoms with Crippen molar-refractivity contribution < 1.29 is 9.53 Å². The minimum absolute atomic E-state index is 0.0740. The first-order valence-electron chi connectivity index (χ1n) is 8.36. The first-order chi connectivity index (χ1) is 11.5. The highest BCUT2D eigenvalue weighted by atomic mass is 16.5. The fourth-order valence-corrected chi connectivity index (χ4v) is 3.00. The van der Waals surface area contributed by atoms with Gasteiger partial charge in [0.25, 0.3) is 5.91 Å². The number of amides is 1. The Kier molecular flexibility index (Phi) is 4.66. The number of hydrogen-bond donors (Lipinski definition) is 1. The topological polar surface area (TPSA) is 69.0 Å². The fraction of sp³-hybridized carbons (Fsp3) is 0.500. The number of nitrogens with one attached hydrogen (secondary N) is 1. The number of pyridine rings is 1. The molecule has 3 rings (SSSR count). The van der Waals surface area contributed by atoms with Crippen LogP contribution in [0.15, 0.2) is 24.5 Å². The predicted octanol–water partition coefficient (Wildman–Crippen LogP) is 2.74. The van der Waals surface area contributed by atoms with Gasteiger partial charge in [-0.15, -0.1) is 0 Å². The average molecular weight is 328 g/mol. The van der Waals surface area contributed by atoms with Gasteiger partial charge in [-0.1, -0.05) is 0 Å². The highest BCUT2D eigenvalue weighted by Gasteiger charge is 2.34. The summed E-state index contributed by atoms with van der Waals surface area (Å²) in [5.74, 6) is -0.158. The van der Waals surface area contributed by atoms with Gasteiger partial charge < -0.3 is 10.1 Å². The minimum Gasteiger partial charge on any atom is -0.370 e. The molecule has 2 aromatic heterocycles. The second-order valence-electron chi connectivity index (χ2n) is 6.61. The molecule has 3 heterocycles. The van der Waals surface area contributed by atoms with E-state index < -0.39 is 0 Å². The lowest BCUT2D eigenvalue weighted by Crippen LogP contribution is -2.38. The van der Waals surface area contributed by atoms with E-state index in [-0.39, 0.29) is 24.1 Å². The first-order valence-corrected chi connectivity index (χ1v) is 8.36. The van der Waals surface area contributed by atoms with Crippen molar-refractivity contribution >= 4 is 5.91 Å². The molecule has 0 aromatic carbocycles. The van der Waals surface area contributed by atoms with Gasteiger partial charge >= 0.3 is 0 Å². The van der Waals surface area contributed by atoms with Crippen LogP contribution in [-0.4, -0.2) is 33.3 Å². The van der Waals surface area contributed by atoms with E-state index in [2.05, 4.69) is 29.2 Å². The van der Waals surface area contributed by atoms with E-state index >= 15 is 0 Å². The van der Waals surface area contributed by atoms with E-state index in [1.54, 1.807) is 12.4 Å². The van der Waals surface area contributed by atoms with Crippen LogP contribution in [0.2, 0.25) is 0 Å². The van der Waals surface area contributed by atoms with Gasteiger partial charge in [-0.2, -0.15) is 5.10 Å². The largest absolute Gasteiger partial charge is 0.370 e. The van der Waals surface area contributed by atoms with Crippen molar-refractivity contribution in [1.82, 2.24) is 20.1 Å². The molecule has 1 aliphatic rings. The number of carbonyl (C=O) groups is 1. The van der Waals surface area contributed by atoms with E-state index in [0.29, 0.717) is 12.3 Å². The van der Waals surface area contributed by atoms with Crippen molar-refractivity contribution in [2.45, 2.75) is 52.3 Å². The Balaban J connectivity index is 1.77. The summed E-state index contributed by atoms with van der Waals surface area (Å²) in [5.41, 5.74) is 3.59. The summed E-state index contributed by atoms with van der Waals surface area (Å²) in [6, 6.07) is 3.96. The molecule has 1 fully saturated rings. The molecule has 0 bridgehead atoms. The summed E-state index contributed by atoms with van der Waals surface area (Å²) in [6.45, 7) is 8.75. The summed E-state index contributed by atoms with van der Waals surface area (Å²) in [7, 11) is 0. The summed E-state index contributed by atoms with van der Waals surface area (Å²) in [5, 5.41) is 7.44. The third-order valence-electron chi connectivity index (χ3n) is 4.49. The Morgan fingerprint density at radius 3 is 2.88 bits per heavy atom. The van der Waals surface area contributed by atoms with Crippen LogP contribution >= 0.6 is 0 Å². The number of nitrogens with zero attached hydrogens (tertiary/aromatic N) is 3. The molecule has 2 atom stereocenters. The van der Waals surface area contributed by atoms with Crippen molar-refractivity contribution in [3.63, 3.8) is 0 Å². The zero-order valence-electron chi connectivity index (χ0n) is 14.6. The van der Waals surface area contributed by atoms with Gasteiger partial charge in [0.1, 0.15) is 11.8 Å². The first kappa shape index (κ1) is 16.6. The Bertz CT molecular complexity index is 738. The second-order valence-corrected chi connectivity index (χ2v) is 6.61. The van der Waals surface area contributed by atoms with Gasteiger partial charge in [0.05, 0.1) is 11.7 Å². The highest BCUT2D eigenvalue weighted by molar-refractivity contribution is 5.92. The van der Waals surface area contributed by atoms with Crippen LogP contribution in [0.5, 0.6) is 0 Å². The van der Waals surface area contributed by atoms with Crippen LogP contribution in [0.4, 0.5) is 0 Å². The lowest BCUT2D eigenvalue weighted by atomic mass is 10.1. The maximum absolute atomic E-state index is 12.5. The van der Waals surface area contributed by atoms with Crippen LogP contribution < -0.4 is 5.32 Å². The van der Waals surface area contributed by atoms with Gasteiger partial charge in [-0.05, 0) is 57.4 Å². The molecular formula is C18H24N4O2. The standard InChI is InChI=1S/C18H24N4O2/c1-11(2)22-16(5-7-20-22)17-14(6-8-24-17)21-18(23)15-9-12(3)13(4)10-19-15/h5,7,9-11,14,17H,6,8H2,1-4H3,(H,21,23)/t14-,17-/m1/s1. The summed E-state index contributed by atoms with van der Waals surface area (Å²) < 4.78 is 7.83. The Morgan fingerprint density at radius 1 is 1.38 bits per heavy atom. The molecule has 24 heavy (non-hydrogen) atoms. The van der Waals surface area contributed by atoms with Crippen molar-refractivity contribution in [3.05, 3.63) is 47.0 Å². The molecule has 6 nitrogen and oxygen atoms in total. The molecule has 0 radical (unpaired) electrons. The lowest BCUT2D eigenvalue weighted by Gasteiger charge is -2.22. The maximum Gasteiger partial charge on any atom is 0.270 e. The molecule has 2 aromatic rings. The van der Waals surface area contributed by atoms with E-state index in [4.69, 9.17) is 4.74 Å². The molecule has 6 heteroatoms. The monoisotopic (exact) mass is 328 g/mol. The van der Waals surface area contributed by atoms with Gasteiger partial charge in [0.15, 0.2) is 0 Å². The van der Waals surface area contributed by atoms with Crippen molar-refractivity contribution in [2.75, 3.05) is 6.61 Å². The number of hydrogen-bond acceptors (Lipinski definition) is 4. The second kappa shape index (κ2) is 6.73. The summed E-state index contributed by atoms with van der Waals surface area (Å²) in [6.07, 6.45) is 4.12. The van der Waals surface area contributed by atoms with Crippen LogP contribution in [0.25, 0.3) is 0 Å². The van der Waals surface area contributed by atoms with Gasteiger partial charge in [-0.3, -0.25) is 14.5 Å². The van der Waals surface area contributed by atoms with E-state index in [1.165, 1.54) is 0 Å². The molecule has 0 aliphatic carbocycles. The van der Waals surface area contributed by atoms with Crippen molar-refractivity contribution in [1.29, 1.82) is 0 Å². The normalized spacial score (nSPS) is 20.5. The molecule has 1 aliphatic heterocycles. The average Bonchev–Trinajstić information content (AvgIpc) is 3.18. The number of ether oxygens (including phenoxy) is 1. The molecule has 128 valence electrons. The van der Waals surface area contributed by atoms with Gasteiger partial charge in [-0.25, -0.2) is 0 Å². The molecule has 0 spiro atoms. The fourth-order valence-electron chi connectivity index (χ4n) is 3.00. The smallest absolute Gasteiger partial charge is 0.270 e. The number of carbonyl (C=O) groups excluding carboxylic acids is 1. The number of aromatic nitrogens is 3. The van der Waals surface area contributed by atoms with E-state index in [0.717, 1.165) is 23.2 Å². The predicted molar refractivity (Wildman–Crippen MR) is 90.9 cm³/mol. The Labute approximate surface area is 142 Å². The Hall–Kier alpha value is -2.21. The summed E-state index contributed by atoms with van der Waals surface area (Å²) in [4.78, 5) is 16.8. The zero-order valence-corrected chi connectivity index (χ0v) is 14.6. The van der Waals surface area contributed by atoms with Crippen molar-refractivity contribution in [3.8, 4) is 0 Å². The van der Waals surface area contributed by atoms with Gasteiger partial charge in [0, 0.05) is 25.0 Å². The lowest BCUT2D eigenvalue weighted by molar-refractivity contribution is 0.0780. The Morgan fingerprint density at radius 2 is 2.17 bits per heavy atom. The van der Waals surface area contributed by atoms with Crippen LogP contribution in [0, 0.1) is 13.8 Å². The third kappa shape index (κ3) is 3.19. The van der Waals surface area contributed by atoms with E-state index in [9.17, 15) is 4.79 Å².